The Hall–Kier alpha value is -7.61. The van der Waals surface area contributed by atoms with Gasteiger partial charge in [-0.05, 0) is 107 Å². The number of carbonyl (C=O) groups excluding carboxylic acids is 1. The summed E-state index contributed by atoms with van der Waals surface area (Å²) in [6.07, 6.45) is 8.28. The van der Waals surface area contributed by atoms with E-state index in [-0.39, 0.29) is 32.0 Å². The molecule has 4 aromatic carbocycles. The number of carbonyl (C=O) groups is 1. The normalized spacial score (nSPS) is 17.6. The van der Waals surface area contributed by atoms with Gasteiger partial charge in [0.2, 0.25) is 0 Å². The summed E-state index contributed by atoms with van der Waals surface area (Å²) in [4.78, 5) is 27.4. The number of aliphatic hydroxyl groups is 2. The van der Waals surface area contributed by atoms with Crippen LogP contribution in [0.2, 0.25) is 0 Å². The smallest absolute Gasteiger partial charge is 0.321 e. The summed E-state index contributed by atoms with van der Waals surface area (Å²) >= 11 is 0. The van der Waals surface area contributed by atoms with Gasteiger partial charge in [0.25, 0.3) is 0 Å². The largest absolute Gasteiger partial charge is 0.489 e. The first kappa shape index (κ1) is 41.7. The van der Waals surface area contributed by atoms with E-state index >= 15 is 4.79 Å². The van der Waals surface area contributed by atoms with Crippen molar-refractivity contribution in [2.75, 3.05) is 0 Å². The van der Waals surface area contributed by atoms with E-state index in [1.54, 1.807) is 47.0 Å². The Bertz CT molecular complexity index is 2510. The predicted octanol–water partition coefficient (Wildman–Crippen LogP) is 7.80. The molecule has 5 heterocycles. The van der Waals surface area contributed by atoms with Gasteiger partial charge in [-0.1, -0.05) is 72.8 Å². The highest BCUT2D eigenvalue weighted by molar-refractivity contribution is 5.76. The third kappa shape index (κ3) is 10.0. The molecule has 13 heteroatoms. The molecule has 0 aliphatic carbocycles. The lowest BCUT2D eigenvalue weighted by atomic mass is 9.90. The van der Waals surface area contributed by atoms with E-state index in [0.717, 1.165) is 55.9 Å². The van der Waals surface area contributed by atoms with E-state index in [1.165, 1.54) is 0 Å². The van der Waals surface area contributed by atoms with Gasteiger partial charge in [-0.15, -0.1) is 0 Å². The van der Waals surface area contributed by atoms with Crippen LogP contribution in [0.3, 0.4) is 0 Å². The zero-order valence-corrected chi connectivity index (χ0v) is 35.0. The van der Waals surface area contributed by atoms with Crippen molar-refractivity contribution in [2.24, 2.45) is 0 Å². The van der Waals surface area contributed by atoms with Crippen molar-refractivity contribution >= 4 is 6.03 Å². The summed E-state index contributed by atoms with van der Waals surface area (Å²) in [6, 6.07) is 40.7. The molecule has 322 valence electrons. The van der Waals surface area contributed by atoms with E-state index in [4.69, 9.17) is 9.47 Å². The minimum atomic E-state index is -1.32. The molecule has 4 atom stereocenters. The van der Waals surface area contributed by atoms with Crippen molar-refractivity contribution in [3.05, 3.63) is 204 Å². The summed E-state index contributed by atoms with van der Waals surface area (Å²) in [5.41, 5.74) is 8.85. The first-order chi connectivity index (χ1) is 31.4. The Labute approximate surface area is 371 Å². The molecule has 0 bridgehead atoms. The predicted molar refractivity (Wildman–Crippen MR) is 242 cm³/mol. The topological polar surface area (TPSA) is 166 Å². The zero-order chi connectivity index (χ0) is 43.7. The number of hydrogen-bond donors (Lipinski definition) is 4. The van der Waals surface area contributed by atoms with Crippen molar-refractivity contribution in [1.82, 2.24) is 40.2 Å². The Morgan fingerprint density at radius 1 is 0.500 bits per heavy atom. The zero-order valence-electron chi connectivity index (χ0n) is 35.0. The summed E-state index contributed by atoms with van der Waals surface area (Å²) < 4.78 is 12.1. The Kier molecular flexibility index (Phi) is 12.8. The molecule has 0 spiro atoms. The van der Waals surface area contributed by atoms with Gasteiger partial charge in [-0.3, -0.25) is 20.2 Å². The number of nitrogens with one attached hydrogen (secondary N) is 2. The van der Waals surface area contributed by atoms with Gasteiger partial charge in [0, 0.05) is 61.4 Å². The van der Waals surface area contributed by atoms with Crippen LogP contribution in [0.15, 0.2) is 171 Å². The van der Waals surface area contributed by atoms with Crippen LogP contribution in [-0.2, 0) is 39.1 Å². The molecule has 8 aromatic rings. The van der Waals surface area contributed by atoms with E-state index < -0.39 is 24.3 Å². The molecule has 0 radical (unpaired) electrons. The molecule has 1 aliphatic rings. The van der Waals surface area contributed by atoms with Gasteiger partial charge in [-0.25, -0.2) is 4.79 Å². The Morgan fingerprint density at radius 3 is 1.33 bits per heavy atom. The van der Waals surface area contributed by atoms with Crippen LogP contribution in [0.25, 0.3) is 22.5 Å². The first-order valence-corrected chi connectivity index (χ1v) is 21.3. The summed E-state index contributed by atoms with van der Waals surface area (Å²) in [6.45, 7) is 1.07. The molecular weight excluding hydrogens is 805 g/mol. The second kappa shape index (κ2) is 19.6. The van der Waals surface area contributed by atoms with Crippen LogP contribution in [0.5, 0.6) is 11.5 Å². The fourth-order valence-electron chi connectivity index (χ4n) is 8.23. The average molecular weight is 853 g/mol. The van der Waals surface area contributed by atoms with Gasteiger partial charge < -0.3 is 29.5 Å². The number of H-pyrrole nitrogens is 2. The number of urea groups is 1. The van der Waals surface area contributed by atoms with E-state index in [9.17, 15) is 10.2 Å². The maximum atomic E-state index is 15.6. The number of rotatable bonds is 16. The summed E-state index contributed by atoms with van der Waals surface area (Å²) in [7, 11) is 0. The molecule has 0 unspecified atom stereocenters. The van der Waals surface area contributed by atoms with Crippen LogP contribution in [0.4, 0.5) is 4.79 Å². The molecule has 9 rings (SSSR count). The molecule has 13 nitrogen and oxygen atoms in total. The molecule has 1 saturated heterocycles. The quantitative estimate of drug-likeness (QED) is 0.0759. The van der Waals surface area contributed by atoms with Crippen molar-refractivity contribution in [3.8, 4) is 34.0 Å². The first-order valence-electron chi connectivity index (χ1n) is 21.3. The number of benzene rings is 4. The third-order valence-corrected chi connectivity index (χ3v) is 11.6. The second-order valence-electron chi connectivity index (χ2n) is 16.0. The molecule has 4 N–H and O–H groups in total. The van der Waals surface area contributed by atoms with Crippen LogP contribution < -0.4 is 9.47 Å². The lowest BCUT2D eigenvalue weighted by molar-refractivity contribution is -0.0408. The molecular formula is C51H48N8O5. The van der Waals surface area contributed by atoms with Gasteiger partial charge in [0.1, 0.15) is 36.9 Å². The fourth-order valence-corrected chi connectivity index (χ4v) is 8.23. The van der Waals surface area contributed by atoms with Crippen LogP contribution in [0, 0.1) is 0 Å². The Morgan fingerprint density at radius 2 is 0.938 bits per heavy atom. The molecule has 2 amide bonds. The lowest BCUT2D eigenvalue weighted by Gasteiger charge is -2.36. The number of amides is 2. The van der Waals surface area contributed by atoms with Crippen molar-refractivity contribution in [1.29, 1.82) is 0 Å². The minimum absolute atomic E-state index is 0.169. The monoisotopic (exact) mass is 852 g/mol. The van der Waals surface area contributed by atoms with E-state index in [2.05, 4.69) is 30.4 Å². The number of aromatic amines is 2. The SMILES string of the molecule is O=C1N(Cc2cccc(-c3ccn[nH]3)c2)[C@H](Cc2ccc(OCc3cccnc3)cc2)[C@H](O)[C@@H](O)[C@@H](Cc2ccc(OCc3cccnc3)cc2)N1Cc1cccc(-c2ccn[nH]2)c1. The van der Waals surface area contributed by atoms with E-state index in [1.807, 2.05) is 133 Å². The Balaban J connectivity index is 1.05. The van der Waals surface area contributed by atoms with Gasteiger partial charge in [0.15, 0.2) is 0 Å². The average Bonchev–Trinajstić information content (AvgIpc) is 4.09. The van der Waals surface area contributed by atoms with E-state index in [0.29, 0.717) is 24.7 Å². The number of ether oxygens (including phenoxy) is 2. The number of nitrogens with zero attached hydrogens (tertiary/aromatic N) is 6. The molecule has 0 saturated carbocycles. The maximum Gasteiger partial charge on any atom is 0.321 e. The lowest BCUT2D eigenvalue weighted by Crippen LogP contribution is -2.50. The second-order valence-corrected chi connectivity index (χ2v) is 16.0. The number of pyridine rings is 2. The van der Waals surface area contributed by atoms with Gasteiger partial charge in [-0.2, -0.15) is 10.2 Å². The van der Waals surface area contributed by atoms with Crippen LogP contribution in [-0.4, -0.2) is 80.7 Å². The van der Waals surface area contributed by atoms with Crippen molar-refractivity contribution in [2.45, 2.75) is 63.4 Å². The highest BCUT2D eigenvalue weighted by atomic mass is 16.5. The highest BCUT2D eigenvalue weighted by Crippen LogP contribution is 2.32. The van der Waals surface area contributed by atoms with Crippen molar-refractivity contribution < 1.29 is 24.5 Å². The molecule has 1 aliphatic heterocycles. The highest BCUT2D eigenvalue weighted by Gasteiger charge is 2.46. The molecule has 4 aromatic heterocycles. The number of aliphatic hydroxyl groups excluding tert-OH is 2. The number of hydrogen-bond acceptors (Lipinski definition) is 9. The standard InChI is InChI=1S/C51H48N8O5/c60-49-47(27-35-11-15-43(16-12-35)63-33-39-7-3-21-52-29-39)58(31-37-5-1-9-41(25-37)45-19-23-54-56-45)51(62)59(32-38-6-2-10-42(26-38)46-20-24-55-57-46)48(50(49)61)28-36-13-17-44(18-14-36)64-34-40-8-4-22-53-30-40/h1-26,29-30,47-50,60-61H,27-28,31-34H2,(H,54,56)(H,55,57)/t47-,48-,49+,50+/m1/s1. The molecule has 1 fully saturated rings. The minimum Gasteiger partial charge on any atom is -0.489 e. The fraction of sp³-hybridized carbons (Fsp3) is 0.196. The maximum absolute atomic E-state index is 15.6. The third-order valence-electron chi connectivity index (χ3n) is 11.6. The van der Waals surface area contributed by atoms with Gasteiger partial charge >= 0.3 is 6.03 Å². The van der Waals surface area contributed by atoms with Gasteiger partial charge in [0.05, 0.1) is 23.5 Å². The van der Waals surface area contributed by atoms with Crippen molar-refractivity contribution in [3.63, 3.8) is 0 Å². The van der Waals surface area contributed by atoms with Crippen LogP contribution in [0.1, 0.15) is 33.4 Å². The summed E-state index contributed by atoms with van der Waals surface area (Å²) in [5.74, 6) is 1.35. The number of aromatic nitrogens is 6. The summed E-state index contributed by atoms with van der Waals surface area (Å²) in [5, 5.41) is 39.3. The van der Waals surface area contributed by atoms with Crippen LogP contribution >= 0.6 is 0 Å². The molecule has 64 heavy (non-hydrogen) atoms.